The number of nitrogens with zero attached hydrogens (tertiary/aromatic N) is 3. The largest absolute Gasteiger partial charge is 0.483 e. The van der Waals surface area contributed by atoms with Crippen LogP contribution in [0.15, 0.2) is 42.5 Å². The van der Waals surface area contributed by atoms with Crippen LogP contribution in [0.1, 0.15) is 50.1 Å². The molecule has 7 nitrogen and oxygen atoms in total. The van der Waals surface area contributed by atoms with E-state index in [0.29, 0.717) is 26.2 Å². The predicted octanol–water partition coefficient (Wildman–Crippen LogP) is 4.43. The van der Waals surface area contributed by atoms with Crippen molar-refractivity contribution in [3.05, 3.63) is 59.4 Å². The van der Waals surface area contributed by atoms with Crippen LogP contribution in [0, 0.1) is 13.8 Å². The number of benzene rings is 2. The molecule has 2 aromatic carbocycles. The van der Waals surface area contributed by atoms with Crippen molar-refractivity contribution in [2.45, 2.75) is 59.9 Å². The second-order valence-electron chi connectivity index (χ2n) is 8.89. The van der Waals surface area contributed by atoms with Crippen molar-refractivity contribution < 1.29 is 14.3 Å². The zero-order valence-electron chi connectivity index (χ0n) is 21.5. The Kier molecular flexibility index (Phi) is 9.70. The van der Waals surface area contributed by atoms with Crippen molar-refractivity contribution in [2.75, 3.05) is 26.2 Å². The molecular weight excluding hydrogens is 440 g/mol. The summed E-state index contributed by atoms with van der Waals surface area (Å²) in [5, 5.41) is 2.94. The van der Waals surface area contributed by atoms with Crippen LogP contribution in [-0.2, 0) is 22.6 Å². The second kappa shape index (κ2) is 12.9. The lowest BCUT2D eigenvalue weighted by atomic mass is 10.1. The number of rotatable bonds is 13. The molecule has 1 aromatic heterocycles. The van der Waals surface area contributed by atoms with Gasteiger partial charge in [0.05, 0.1) is 11.0 Å². The van der Waals surface area contributed by atoms with Crippen LogP contribution >= 0.6 is 0 Å². The fourth-order valence-electron chi connectivity index (χ4n) is 4.17. The van der Waals surface area contributed by atoms with Gasteiger partial charge in [0.2, 0.25) is 5.91 Å². The lowest BCUT2D eigenvalue weighted by Gasteiger charge is -2.20. The number of nitrogens with one attached hydrogen (secondary N) is 1. The molecule has 0 atom stereocenters. The molecule has 1 N–H and O–H groups in total. The van der Waals surface area contributed by atoms with Gasteiger partial charge in [0, 0.05) is 26.1 Å². The molecule has 0 radical (unpaired) electrons. The second-order valence-corrected chi connectivity index (χ2v) is 8.89. The number of carbonyl (C=O) groups excluding carboxylic acids is 2. The highest BCUT2D eigenvalue weighted by atomic mass is 16.5. The molecule has 0 aliphatic carbocycles. The fraction of sp³-hybridized carbons (Fsp3) is 0.464. The Morgan fingerprint density at radius 2 is 1.80 bits per heavy atom. The Labute approximate surface area is 208 Å². The van der Waals surface area contributed by atoms with E-state index in [1.165, 1.54) is 0 Å². The molecule has 0 spiro atoms. The summed E-state index contributed by atoms with van der Waals surface area (Å²) in [5.41, 5.74) is 4.05. The number of imidazole rings is 1. The number of hydrogen-bond acceptors (Lipinski definition) is 4. The molecule has 0 saturated carbocycles. The first-order valence-electron chi connectivity index (χ1n) is 12.6. The van der Waals surface area contributed by atoms with Gasteiger partial charge >= 0.3 is 0 Å². The molecule has 1 heterocycles. The SMILES string of the molecule is CCN(CC)C(=O)Cn1c(CCCCCNC(=O)COc2cc(C)ccc2C)nc2ccccc21. The molecule has 0 aliphatic heterocycles. The van der Waals surface area contributed by atoms with E-state index in [0.717, 1.165) is 59.4 Å². The molecule has 0 fully saturated rings. The highest BCUT2D eigenvalue weighted by molar-refractivity contribution is 5.81. The maximum atomic E-state index is 12.8. The smallest absolute Gasteiger partial charge is 0.257 e. The van der Waals surface area contributed by atoms with E-state index >= 15 is 0 Å². The summed E-state index contributed by atoms with van der Waals surface area (Å²) in [6, 6.07) is 14.0. The Morgan fingerprint density at radius 3 is 2.57 bits per heavy atom. The summed E-state index contributed by atoms with van der Waals surface area (Å²) in [4.78, 5) is 31.5. The number of carbonyl (C=O) groups is 2. The molecule has 188 valence electrons. The summed E-state index contributed by atoms with van der Waals surface area (Å²) in [5.74, 6) is 1.70. The van der Waals surface area contributed by atoms with E-state index in [1.54, 1.807) is 0 Å². The number of unbranched alkanes of at least 4 members (excludes halogenated alkanes) is 2. The quantitative estimate of drug-likeness (QED) is 0.369. The third kappa shape index (κ3) is 7.31. The summed E-state index contributed by atoms with van der Waals surface area (Å²) >= 11 is 0. The molecule has 3 aromatic rings. The van der Waals surface area contributed by atoms with E-state index in [-0.39, 0.29) is 18.4 Å². The highest BCUT2D eigenvalue weighted by Gasteiger charge is 2.16. The third-order valence-electron chi connectivity index (χ3n) is 6.24. The number of para-hydroxylation sites is 2. The Morgan fingerprint density at radius 1 is 1.03 bits per heavy atom. The van der Waals surface area contributed by atoms with Crippen LogP contribution in [0.2, 0.25) is 0 Å². The number of amides is 2. The van der Waals surface area contributed by atoms with Crippen LogP contribution in [-0.4, -0.2) is 52.5 Å². The first kappa shape index (κ1) is 26.3. The average molecular weight is 479 g/mol. The Bertz CT molecular complexity index is 1130. The molecule has 7 heteroatoms. The van der Waals surface area contributed by atoms with Crippen molar-refractivity contribution in [1.82, 2.24) is 19.8 Å². The summed E-state index contributed by atoms with van der Waals surface area (Å²) < 4.78 is 7.73. The van der Waals surface area contributed by atoms with Gasteiger partial charge in [-0.2, -0.15) is 0 Å². The first-order valence-corrected chi connectivity index (χ1v) is 12.6. The minimum atomic E-state index is -0.109. The van der Waals surface area contributed by atoms with Crippen LogP contribution in [0.3, 0.4) is 0 Å². The zero-order valence-corrected chi connectivity index (χ0v) is 21.5. The summed E-state index contributed by atoms with van der Waals surface area (Å²) in [6.45, 7) is 10.3. The van der Waals surface area contributed by atoms with Gasteiger partial charge in [0.15, 0.2) is 6.61 Å². The molecular formula is C28H38N4O3. The van der Waals surface area contributed by atoms with Gasteiger partial charge in [-0.3, -0.25) is 9.59 Å². The van der Waals surface area contributed by atoms with Crippen molar-refractivity contribution in [3.8, 4) is 5.75 Å². The molecule has 35 heavy (non-hydrogen) atoms. The monoisotopic (exact) mass is 478 g/mol. The zero-order chi connectivity index (χ0) is 25.2. The summed E-state index contributed by atoms with van der Waals surface area (Å²) in [6.07, 6.45) is 3.58. The Hall–Kier alpha value is -3.35. The normalized spacial score (nSPS) is 11.0. The van der Waals surface area contributed by atoms with Gasteiger partial charge in [-0.1, -0.05) is 30.7 Å². The average Bonchev–Trinajstić information content (AvgIpc) is 3.19. The van der Waals surface area contributed by atoms with Crippen LogP contribution in [0.4, 0.5) is 0 Å². The van der Waals surface area contributed by atoms with Crippen molar-refractivity contribution in [3.63, 3.8) is 0 Å². The van der Waals surface area contributed by atoms with Crippen LogP contribution in [0.25, 0.3) is 11.0 Å². The van der Waals surface area contributed by atoms with Crippen molar-refractivity contribution in [1.29, 1.82) is 0 Å². The van der Waals surface area contributed by atoms with E-state index < -0.39 is 0 Å². The number of fused-ring (bicyclic) bond motifs is 1. The molecule has 0 saturated heterocycles. The molecule has 2 amide bonds. The fourth-order valence-corrected chi connectivity index (χ4v) is 4.17. The van der Waals surface area contributed by atoms with Crippen molar-refractivity contribution >= 4 is 22.8 Å². The minimum absolute atomic E-state index is 0.0227. The number of likely N-dealkylation sites (N-methyl/N-ethyl adjacent to an activating group) is 1. The molecule has 0 aliphatic rings. The molecule has 0 unspecified atom stereocenters. The van der Waals surface area contributed by atoms with Gasteiger partial charge < -0.3 is 19.5 Å². The topological polar surface area (TPSA) is 76.5 Å². The van der Waals surface area contributed by atoms with E-state index in [9.17, 15) is 9.59 Å². The lowest BCUT2D eigenvalue weighted by Crippen LogP contribution is -2.33. The van der Waals surface area contributed by atoms with Gasteiger partial charge in [-0.25, -0.2) is 4.98 Å². The number of aromatic nitrogens is 2. The maximum Gasteiger partial charge on any atom is 0.257 e. The van der Waals surface area contributed by atoms with E-state index in [1.807, 2.05) is 75.1 Å². The molecule has 3 rings (SSSR count). The number of aryl methyl sites for hydroxylation is 3. The maximum absolute atomic E-state index is 12.8. The minimum Gasteiger partial charge on any atom is -0.483 e. The third-order valence-corrected chi connectivity index (χ3v) is 6.24. The lowest BCUT2D eigenvalue weighted by molar-refractivity contribution is -0.131. The van der Waals surface area contributed by atoms with Gasteiger partial charge in [-0.05, 0) is 69.9 Å². The number of ether oxygens (including phenoxy) is 1. The summed E-state index contributed by atoms with van der Waals surface area (Å²) in [7, 11) is 0. The van der Waals surface area contributed by atoms with E-state index in [2.05, 4.69) is 9.88 Å². The van der Waals surface area contributed by atoms with Crippen LogP contribution < -0.4 is 10.1 Å². The Balaban J connectivity index is 1.45. The first-order chi connectivity index (χ1) is 16.9. The van der Waals surface area contributed by atoms with E-state index in [4.69, 9.17) is 9.72 Å². The predicted molar refractivity (Wildman–Crippen MR) is 140 cm³/mol. The molecule has 0 bridgehead atoms. The number of hydrogen-bond donors (Lipinski definition) is 1. The van der Waals surface area contributed by atoms with Gasteiger partial charge in [0.1, 0.15) is 18.1 Å². The standard InChI is InChI=1S/C28H38N4O3/c1-5-31(6-2)28(34)19-32-24-13-10-9-12-23(24)30-26(32)14-8-7-11-17-29-27(33)20-35-25-18-21(3)15-16-22(25)4/h9-10,12-13,15-16,18H,5-8,11,14,17,19-20H2,1-4H3,(H,29,33). The van der Waals surface area contributed by atoms with Crippen molar-refractivity contribution in [2.24, 2.45) is 0 Å². The highest BCUT2D eigenvalue weighted by Crippen LogP contribution is 2.19. The van der Waals surface area contributed by atoms with Gasteiger partial charge in [-0.15, -0.1) is 0 Å². The van der Waals surface area contributed by atoms with Crippen LogP contribution in [0.5, 0.6) is 5.75 Å². The van der Waals surface area contributed by atoms with Gasteiger partial charge in [0.25, 0.3) is 5.91 Å².